The molecule has 0 bridgehead atoms. The van der Waals surface area contributed by atoms with E-state index in [4.69, 9.17) is 4.74 Å². The molecule has 0 spiro atoms. The Bertz CT molecular complexity index is 761. The number of aromatic nitrogens is 1. The third-order valence-corrected chi connectivity index (χ3v) is 4.43. The van der Waals surface area contributed by atoms with Gasteiger partial charge in [0.05, 0.1) is 25.4 Å². The molecule has 1 heterocycles. The van der Waals surface area contributed by atoms with Crippen LogP contribution in [0.3, 0.4) is 0 Å². The average molecular weight is 340 g/mol. The first-order chi connectivity index (χ1) is 12.1. The van der Waals surface area contributed by atoms with Gasteiger partial charge in [0.2, 0.25) is 0 Å². The van der Waals surface area contributed by atoms with Crippen molar-refractivity contribution in [2.24, 2.45) is 0 Å². The second-order valence-electron chi connectivity index (χ2n) is 6.33. The van der Waals surface area contributed by atoms with E-state index >= 15 is 0 Å². The quantitative estimate of drug-likeness (QED) is 0.878. The van der Waals surface area contributed by atoms with Crippen LogP contribution in [-0.2, 0) is 13.0 Å². The highest BCUT2D eigenvalue weighted by Gasteiger charge is 2.26. The molecule has 1 aromatic heterocycles. The van der Waals surface area contributed by atoms with Crippen LogP contribution in [0.4, 0.5) is 10.6 Å². The summed E-state index contributed by atoms with van der Waals surface area (Å²) in [5, 5.41) is 5.94. The molecule has 1 aliphatic rings. The number of methoxy groups -OCH3 is 1. The number of nitrogens with one attached hydrogen (secondary N) is 2. The maximum absolute atomic E-state index is 12.3. The lowest BCUT2D eigenvalue weighted by Gasteiger charge is -2.16. The third kappa shape index (κ3) is 3.84. The summed E-state index contributed by atoms with van der Waals surface area (Å²) in [7, 11) is 5.56. The first-order valence-electron chi connectivity index (χ1n) is 8.42. The summed E-state index contributed by atoms with van der Waals surface area (Å²) in [4.78, 5) is 18.7. The normalized spacial score (nSPS) is 15.4. The van der Waals surface area contributed by atoms with Crippen molar-refractivity contribution in [2.45, 2.75) is 25.4 Å². The van der Waals surface area contributed by atoms with Gasteiger partial charge in [0.15, 0.2) is 0 Å². The molecule has 25 heavy (non-hydrogen) atoms. The Labute approximate surface area is 148 Å². The number of nitrogens with zero attached hydrogens (tertiary/aromatic N) is 2. The van der Waals surface area contributed by atoms with Crippen LogP contribution in [0.25, 0.3) is 0 Å². The number of urea groups is 1. The zero-order valence-corrected chi connectivity index (χ0v) is 14.9. The molecule has 1 aliphatic carbocycles. The number of fused-ring (bicyclic) bond motifs is 1. The van der Waals surface area contributed by atoms with Crippen molar-refractivity contribution in [3.05, 3.63) is 53.2 Å². The van der Waals surface area contributed by atoms with Crippen LogP contribution in [0.2, 0.25) is 0 Å². The summed E-state index contributed by atoms with van der Waals surface area (Å²) in [6.45, 7) is 0.394. The van der Waals surface area contributed by atoms with E-state index in [1.807, 2.05) is 49.3 Å². The van der Waals surface area contributed by atoms with E-state index in [9.17, 15) is 4.79 Å². The molecule has 6 nitrogen and oxygen atoms in total. The highest BCUT2D eigenvalue weighted by molar-refractivity contribution is 5.74. The highest BCUT2D eigenvalue weighted by atomic mass is 16.5. The number of rotatable bonds is 5. The van der Waals surface area contributed by atoms with Gasteiger partial charge in [-0.15, -0.1) is 0 Å². The summed E-state index contributed by atoms with van der Waals surface area (Å²) in [6.07, 6.45) is 1.80. The molecule has 0 fully saturated rings. The predicted molar refractivity (Wildman–Crippen MR) is 98.0 cm³/mol. The number of carbonyl (C=O) groups is 1. The Hall–Kier alpha value is -2.76. The van der Waals surface area contributed by atoms with E-state index in [2.05, 4.69) is 21.7 Å². The summed E-state index contributed by atoms with van der Waals surface area (Å²) >= 11 is 0. The van der Waals surface area contributed by atoms with Crippen molar-refractivity contribution >= 4 is 11.8 Å². The van der Waals surface area contributed by atoms with E-state index in [1.54, 1.807) is 7.11 Å². The zero-order valence-electron chi connectivity index (χ0n) is 14.9. The molecule has 0 saturated carbocycles. The van der Waals surface area contributed by atoms with Gasteiger partial charge in [-0.25, -0.2) is 9.78 Å². The minimum absolute atomic E-state index is 0.0196. The van der Waals surface area contributed by atoms with Crippen molar-refractivity contribution in [3.63, 3.8) is 0 Å². The molecule has 2 N–H and O–H groups in total. The van der Waals surface area contributed by atoms with Gasteiger partial charge in [-0.2, -0.15) is 0 Å². The second-order valence-corrected chi connectivity index (χ2v) is 6.33. The van der Waals surface area contributed by atoms with Gasteiger partial charge in [-0.1, -0.05) is 18.2 Å². The van der Waals surface area contributed by atoms with Crippen molar-refractivity contribution in [2.75, 3.05) is 26.1 Å². The predicted octanol–water partition coefficient (Wildman–Crippen LogP) is 2.64. The third-order valence-electron chi connectivity index (χ3n) is 4.43. The van der Waals surface area contributed by atoms with Gasteiger partial charge in [-0.3, -0.25) is 0 Å². The molecule has 1 aromatic carbocycles. The Morgan fingerprint density at radius 2 is 2.08 bits per heavy atom. The Kier molecular flexibility index (Phi) is 5.07. The Balaban J connectivity index is 1.59. The number of ether oxygens (including phenoxy) is 1. The number of benzene rings is 1. The standard InChI is InChI=1S/C19H24N4O2/c1-23(2)18-9-4-6-13(21-18)12-20-19(24)22-16-11-10-15-14(16)7-5-8-17(15)25-3/h4-9,16H,10-12H2,1-3H3,(H2,20,22,24). The maximum atomic E-state index is 12.3. The molecule has 1 atom stereocenters. The van der Waals surface area contributed by atoms with Gasteiger partial charge in [0.25, 0.3) is 0 Å². The monoisotopic (exact) mass is 340 g/mol. The fourth-order valence-electron chi connectivity index (χ4n) is 3.16. The molecular formula is C19H24N4O2. The fourth-order valence-corrected chi connectivity index (χ4v) is 3.16. The molecule has 1 unspecified atom stereocenters. The minimum atomic E-state index is -0.183. The van der Waals surface area contributed by atoms with Crippen LogP contribution in [0.5, 0.6) is 5.75 Å². The number of amides is 2. The molecular weight excluding hydrogens is 316 g/mol. The van der Waals surface area contributed by atoms with Gasteiger partial charge in [0.1, 0.15) is 11.6 Å². The summed E-state index contributed by atoms with van der Waals surface area (Å²) in [5.74, 6) is 1.77. The molecule has 2 aromatic rings. The lowest BCUT2D eigenvalue weighted by Crippen LogP contribution is -2.37. The summed E-state index contributed by atoms with van der Waals surface area (Å²) < 4.78 is 5.41. The average Bonchev–Trinajstić information content (AvgIpc) is 3.03. The molecule has 0 saturated heterocycles. The van der Waals surface area contributed by atoms with E-state index in [1.165, 1.54) is 5.56 Å². The first kappa shape index (κ1) is 17.1. The number of hydrogen-bond acceptors (Lipinski definition) is 4. The number of anilines is 1. The first-order valence-corrected chi connectivity index (χ1v) is 8.42. The smallest absolute Gasteiger partial charge is 0.315 e. The van der Waals surface area contributed by atoms with Gasteiger partial charge < -0.3 is 20.3 Å². The zero-order chi connectivity index (χ0) is 17.8. The van der Waals surface area contributed by atoms with Crippen molar-refractivity contribution in [3.8, 4) is 5.75 Å². The van der Waals surface area contributed by atoms with Crippen molar-refractivity contribution < 1.29 is 9.53 Å². The molecule has 2 amide bonds. The molecule has 3 rings (SSSR count). The summed E-state index contributed by atoms with van der Waals surface area (Å²) in [5.41, 5.74) is 3.16. The molecule has 0 aliphatic heterocycles. The fraction of sp³-hybridized carbons (Fsp3) is 0.368. The number of carbonyl (C=O) groups excluding carboxylic acids is 1. The van der Waals surface area contributed by atoms with E-state index in [0.717, 1.165) is 35.7 Å². The van der Waals surface area contributed by atoms with Gasteiger partial charge in [0, 0.05) is 14.1 Å². The van der Waals surface area contributed by atoms with E-state index in [-0.39, 0.29) is 12.1 Å². The number of pyridine rings is 1. The summed E-state index contributed by atoms with van der Waals surface area (Å²) in [6, 6.07) is 11.6. The van der Waals surface area contributed by atoms with Crippen LogP contribution in [0.1, 0.15) is 29.3 Å². The van der Waals surface area contributed by atoms with Crippen LogP contribution in [0, 0.1) is 0 Å². The Morgan fingerprint density at radius 1 is 1.28 bits per heavy atom. The molecule has 132 valence electrons. The maximum Gasteiger partial charge on any atom is 0.315 e. The SMILES string of the molecule is COc1cccc2c1CCC2NC(=O)NCc1cccc(N(C)C)n1. The van der Waals surface area contributed by atoms with E-state index in [0.29, 0.717) is 6.54 Å². The van der Waals surface area contributed by atoms with Gasteiger partial charge in [-0.05, 0) is 42.2 Å². The molecule has 0 radical (unpaired) electrons. The van der Waals surface area contributed by atoms with E-state index < -0.39 is 0 Å². The lowest BCUT2D eigenvalue weighted by molar-refractivity contribution is 0.236. The van der Waals surface area contributed by atoms with Crippen LogP contribution in [0.15, 0.2) is 36.4 Å². The number of hydrogen-bond donors (Lipinski definition) is 2. The molecule has 6 heteroatoms. The van der Waals surface area contributed by atoms with Crippen LogP contribution < -0.4 is 20.3 Å². The van der Waals surface area contributed by atoms with Crippen LogP contribution in [-0.4, -0.2) is 32.2 Å². The second kappa shape index (κ2) is 7.42. The van der Waals surface area contributed by atoms with Crippen molar-refractivity contribution in [1.82, 2.24) is 15.6 Å². The van der Waals surface area contributed by atoms with Crippen molar-refractivity contribution in [1.29, 1.82) is 0 Å². The minimum Gasteiger partial charge on any atom is -0.496 e. The topological polar surface area (TPSA) is 66.5 Å². The van der Waals surface area contributed by atoms with Gasteiger partial charge >= 0.3 is 6.03 Å². The lowest BCUT2D eigenvalue weighted by atomic mass is 10.1. The largest absolute Gasteiger partial charge is 0.496 e. The highest BCUT2D eigenvalue weighted by Crippen LogP contribution is 2.36. The van der Waals surface area contributed by atoms with Crippen LogP contribution >= 0.6 is 0 Å². The Morgan fingerprint density at radius 3 is 2.84 bits per heavy atom.